The van der Waals surface area contributed by atoms with Crippen LogP contribution in [0.15, 0.2) is 24.3 Å². The molecule has 0 heterocycles. The van der Waals surface area contributed by atoms with Crippen LogP contribution in [0.2, 0.25) is 0 Å². The Bertz CT molecular complexity index is 471. The molecule has 2 aliphatic rings. The molecule has 102 valence electrons. The Balaban J connectivity index is 1.74. The van der Waals surface area contributed by atoms with Gasteiger partial charge in [-0.3, -0.25) is 4.79 Å². The molecule has 2 atom stereocenters. The second-order valence-electron chi connectivity index (χ2n) is 6.47. The molecule has 2 heteroatoms. The molecular weight excluding hydrogens is 236 g/mol. The summed E-state index contributed by atoms with van der Waals surface area (Å²) in [6.45, 7) is 2.07. The Hall–Kier alpha value is -1.31. The summed E-state index contributed by atoms with van der Waals surface area (Å²) in [5, 5.41) is 9.11. The highest BCUT2D eigenvalue weighted by molar-refractivity contribution is 5.77. The van der Waals surface area contributed by atoms with Crippen LogP contribution < -0.4 is 0 Å². The molecule has 1 N–H and O–H groups in total. The van der Waals surface area contributed by atoms with Crippen LogP contribution in [0.1, 0.15) is 62.5 Å². The lowest BCUT2D eigenvalue weighted by Crippen LogP contribution is -2.11. The number of carbonyl (C=O) groups is 1. The van der Waals surface area contributed by atoms with Gasteiger partial charge in [0.15, 0.2) is 0 Å². The molecule has 2 fully saturated rings. The molecule has 19 heavy (non-hydrogen) atoms. The summed E-state index contributed by atoms with van der Waals surface area (Å²) < 4.78 is 0. The number of benzene rings is 1. The van der Waals surface area contributed by atoms with Crippen molar-refractivity contribution in [2.75, 3.05) is 0 Å². The lowest BCUT2D eigenvalue weighted by atomic mass is 9.83. The third-order valence-electron chi connectivity index (χ3n) is 5.18. The normalized spacial score (nSPS) is 31.1. The van der Waals surface area contributed by atoms with Gasteiger partial charge in [0.05, 0.1) is 5.92 Å². The van der Waals surface area contributed by atoms with Gasteiger partial charge in [0.1, 0.15) is 0 Å². The van der Waals surface area contributed by atoms with Crippen LogP contribution in [-0.4, -0.2) is 11.1 Å². The van der Waals surface area contributed by atoms with Gasteiger partial charge in [0, 0.05) is 5.41 Å². The van der Waals surface area contributed by atoms with E-state index < -0.39 is 5.97 Å². The van der Waals surface area contributed by atoms with Gasteiger partial charge in [-0.1, -0.05) is 50.5 Å². The van der Waals surface area contributed by atoms with Crippen molar-refractivity contribution in [3.05, 3.63) is 35.4 Å². The molecule has 0 aliphatic heterocycles. The monoisotopic (exact) mass is 258 g/mol. The van der Waals surface area contributed by atoms with Crippen LogP contribution in [0.3, 0.4) is 0 Å². The number of hydrogen-bond donors (Lipinski definition) is 1. The number of carboxylic acid groups (broad SMARTS) is 1. The first-order valence-corrected chi connectivity index (χ1v) is 7.44. The highest BCUT2D eigenvalue weighted by Gasteiger charge is 2.55. The standard InChI is InChI=1S/C17H22O2/c1-17(11-15(17)16(18)19)14-9-7-13(8-10-14)12-5-3-2-4-6-12/h7-10,12,15H,2-6,11H2,1H3,(H,18,19). The molecular formula is C17H22O2. The average molecular weight is 258 g/mol. The van der Waals surface area contributed by atoms with E-state index >= 15 is 0 Å². The van der Waals surface area contributed by atoms with Crippen LogP contribution in [0.25, 0.3) is 0 Å². The van der Waals surface area contributed by atoms with Crippen LogP contribution >= 0.6 is 0 Å². The van der Waals surface area contributed by atoms with Crippen LogP contribution in [0, 0.1) is 5.92 Å². The van der Waals surface area contributed by atoms with Crippen molar-refractivity contribution in [2.24, 2.45) is 5.92 Å². The number of hydrogen-bond acceptors (Lipinski definition) is 1. The molecule has 0 spiro atoms. The SMILES string of the molecule is CC1(c2ccc(C3CCCCC3)cc2)CC1C(=O)O. The van der Waals surface area contributed by atoms with E-state index in [1.807, 2.05) is 0 Å². The molecule has 2 unspecified atom stereocenters. The van der Waals surface area contributed by atoms with Crippen molar-refractivity contribution in [1.82, 2.24) is 0 Å². The zero-order chi connectivity index (χ0) is 13.5. The summed E-state index contributed by atoms with van der Waals surface area (Å²) in [6, 6.07) is 8.78. The van der Waals surface area contributed by atoms with E-state index in [2.05, 4.69) is 31.2 Å². The van der Waals surface area contributed by atoms with Crippen molar-refractivity contribution >= 4 is 5.97 Å². The van der Waals surface area contributed by atoms with Gasteiger partial charge >= 0.3 is 5.97 Å². The maximum atomic E-state index is 11.1. The number of carboxylic acids is 1. The van der Waals surface area contributed by atoms with E-state index in [0.29, 0.717) is 0 Å². The fourth-order valence-corrected chi connectivity index (χ4v) is 3.62. The fraction of sp³-hybridized carbons (Fsp3) is 0.588. The zero-order valence-corrected chi connectivity index (χ0v) is 11.6. The minimum Gasteiger partial charge on any atom is -0.481 e. The van der Waals surface area contributed by atoms with E-state index in [-0.39, 0.29) is 11.3 Å². The van der Waals surface area contributed by atoms with E-state index in [0.717, 1.165) is 12.3 Å². The number of rotatable bonds is 3. The maximum absolute atomic E-state index is 11.1. The lowest BCUT2D eigenvalue weighted by Gasteiger charge is -2.22. The first-order valence-electron chi connectivity index (χ1n) is 7.44. The summed E-state index contributed by atoms with van der Waals surface area (Å²) in [4.78, 5) is 11.1. The summed E-state index contributed by atoms with van der Waals surface area (Å²) in [7, 11) is 0. The van der Waals surface area contributed by atoms with Gasteiger partial charge in [-0.2, -0.15) is 0 Å². The Labute approximate surface area is 114 Å². The summed E-state index contributed by atoms with van der Waals surface area (Å²) in [5.41, 5.74) is 2.51. The maximum Gasteiger partial charge on any atom is 0.307 e. The molecule has 0 radical (unpaired) electrons. The molecule has 2 saturated carbocycles. The molecule has 2 nitrogen and oxygen atoms in total. The molecule has 1 aromatic rings. The van der Waals surface area contributed by atoms with Crippen LogP contribution in [0.5, 0.6) is 0 Å². The van der Waals surface area contributed by atoms with Gasteiger partial charge in [0.2, 0.25) is 0 Å². The third-order valence-corrected chi connectivity index (χ3v) is 5.18. The Morgan fingerprint density at radius 2 is 1.79 bits per heavy atom. The van der Waals surface area contributed by atoms with Gasteiger partial charge in [-0.15, -0.1) is 0 Å². The summed E-state index contributed by atoms with van der Waals surface area (Å²) >= 11 is 0. The minimum absolute atomic E-state index is 0.128. The van der Waals surface area contributed by atoms with Crippen LogP contribution in [-0.2, 0) is 10.2 Å². The minimum atomic E-state index is -0.654. The van der Waals surface area contributed by atoms with Crippen molar-refractivity contribution in [2.45, 2.75) is 56.8 Å². The molecule has 3 rings (SSSR count). The highest BCUT2D eigenvalue weighted by Crippen LogP contribution is 2.54. The lowest BCUT2D eigenvalue weighted by molar-refractivity contribution is -0.138. The van der Waals surface area contributed by atoms with Gasteiger partial charge in [-0.05, 0) is 36.3 Å². The van der Waals surface area contributed by atoms with E-state index in [9.17, 15) is 4.79 Å². The van der Waals surface area contributed by atoms with Gasteiger partial charge < -0.3 is 5.11 Å². The second kappa shape index (κ2) is 4.66. The Kier molecular flexibility index (Phi) is 3.12. The van der Waals surface area contributed by atoms with Crippen molar-refractivity contribution in [1.29, 1.82) is 0 Å². The molecule has 2 aliphatic carbocycles. The third kappa shape index (κ3) is 2.29. The molecule has 1 aromatic carbocycles. The van der Waals surface area contributed by atoms with Gasteiger partial charge in [0.25, 0.3) is 0 Å². The van der Waals surface area contributed by atoms with Crippen molar-refractivity contribution < 1.29 is 9.90 Å². The average Bonchev–Trinajstić information content (AvgIpc) is 3.14. The Morgan fingerprint density at radius 1 is 1.16 bits per heavy atom. The topological polar surface area (TPSA) is 37.3 Å². The Morgan fingerprint density at radius 3 is 2.32 bits per heavy atom. The first-order chi connectivity index (χ1) is 9.11. The largest absolute Gasteiger partial charge is 0.481 e. The van der Waals surface area contributed by atoms with Crippen molar-refractivity contribution in [3.63, 3.8) is 0 Å². The smallest absolute Gasteiger partial charge is 0.307 e. The predicted octanol–water partition coefficient (Wildman–Crippen LogP) is 4.10. The quantitative estimate of drug-likeness (QED) is 0.886. The fourth-order valence-electron chi connectivity index (χ4n) is 3.62. The molecule has 0 bridgehead atoms. The number of aliphatic carboxylic acids is 1. The highest BCUT2D eigenvalue weighted by atomic mass is 16.4. The second-order valence-corrected chi connectivity index (χ2v) is 6.47. The van der Waals surface area contributed by atoms with Crippen molar-refractivity contribution in [3.8, 4) is 0 Å². The van der Waals surface area contributed by atoms with E-state index in [1.54, 1.807) is 0 Å². The first kappa shape index (κ1) is 12.7. The predicted molar refractivity (Wildman–Crippen MR) is 75.4 cm³/mol. The van der Waals surface area contributed by atoms with E-state index in [4.69, 9.17) is 5.11 Å². The molecule has 0 saturated heterocycles. The summed E-state index contributed by atoms with van der Waals surface area (Å²) in [5.74, 6) is -0.114. The van der Waals surface area contributed by atoms with Gasteiger partial charge in [-0.25, -0.2) is 0 Å². The zero-order valence-electron chi connectivity index (χ0n) is 11.6. The van der Waals surface area contributed by atoms with Crippen LogP contribution in [0.4, 0.5) is 0 Å². The molecule has 0 amide bonds. The molecule has 0 aromatic heterocycles. The van der Waals surface area contributed by atoms with E-state index in [1.165, 1.54) is 43.2 Å². The summed E-state index contributed by atoms with van der Waals surface area (Å²) in [6.07, 6.45) is 7.50.